The lowest BCUT2D eigenvalue weighted by atomic mass is 10.0. The highest BCUT2D eigenvalue weighted by Crippen LogP contribution is 2.15. The number of aromatic nitrogens is 3. The smallest absolute Gasteiger partial charge is 0.132 e. The number of pyridine rings is 1. The number of hydrogen-bond donors (Lipinski definition) is 2. The number of nitrogens with one attached hydrogen (secondary N) is 2. The van der Waals surface area contributed by atoms with Crippen LogP contribution in [-0.2, 0) is 7.05 Å². The normalized spacial score (nSPS) is 13.4. The van der Waals surface area contributed by atoms with Gasteiger partial charge in [0.15, 0.2) is 0 Å². The van der Waals surface area contributed by atoms with Crippen molar-refractivity contribution in [3.8, 4) is 0 Å². The second-order valence-electron chi connectivity index (χ2n) is 6.38. The summed E-state index contributed by atoms with van der Waals surface area (Å²) < 4.78 is 1.82. The van der Waals surface area contributed by atoms with Crippen LogP contribution in [0.25, 0.3) is 0 Å². The highest BCUT2D eigenvalue weighted by Gasteiger charge is 2.12. The third kappa shape index (κ3) is 5.45. The zero-order valence-corrected chi connectivity index (χ0v) is 15.7. The lowest BCUT2D eigenvalue weighted by Gasteiger charge is -2.17. The number of hydrogen-bond acceptors (Lipinski definition) is 4. The van der Waals surface area contributed by atoms with Gasteiger partial charge in [0.25, 0.3) is 0 Å². The van der Waals surface area contributed by atoms with E-state index in [-0.39, 0.29) is 6.04 Å². The number of anilines is 2. The molecule has 0 fully saturated rings. The van der Waals surface area contributed by atoms with Gasteiger partial charge in [-0.05, 0) is 37.5 Å². The number of rotatable bonds is 7. The molecule has 25 heavy (non-hydrogen) atoms. The summed E-state index contributed by atoms with van der Waals surface area (Å²) in [6.07, 6.45) is 10.2. The van der Waals surface area contributed by atoms with E-state index in [9.17, 15) is 0 Å². The summed E-state index contributed by atoms with van der Waals surface area (Å²) in [6.45, 7) is 8.59. The van der Waals surface area contributed by atoms with Gasteiger partial charge >= 0.3 is 0 Å². The molecule has 0 unspecified atom stereocenters. The predicted octanol–water partition coefficient (Wildman–Crippen LogP) is 3.99. The van der Waals surface area contributed by atoms with Crippen molar-refractivity contribution in [3.05, 3.63) is 48.6 Å². The summed E-state index contributed by atoms with van der Waals surface area (Å²) in [4.78, 5) is 9.00. The molecule has 0 radical (unpaired) electrons. The second-order valence-corrected chi connectivity index (χ2v) is 6.38. The van der Waals surface area contributed by atoms with E-state index >= 15 is 0 Å². The fourth-order valence-corrected chi connectivity index (χ4v) is 2.52. The standard InChI is InChI=1S/C19H28N6/c1-6-17(14(2)3)23-18(24-19-15(4)12-22-25(19)5)9-11-21-16-8-7-10-20-13-16/h7-14,17,21H,6H2,1-5H3,(H,23,24)/b11-9+/t17-/m0/s1. The first kappa shape index (κ1) is 18.7. The van der Waals surface area contributed by atoms with Gasteiger partial charge in [-0.15, -0.1) is 0 Å². The molecule has 0 aliphatic heterocycles. The van der Waals surface area contributed by atoms with E-state index in [0.717, 1.165) is 29.3 Å². The third-order valence-electron chi connectivity index (χ3n) is 4.01. The first-order chi connectivity index (χ1) is 12.0. The molecule has 2 N–H and O–H groups in total. The molecule has 0 aliphatic rings. The Balaban J connectivity index is 2.20. The van der Waals surface area contributed by atoms with Crippen LogP contribution in [0.2, 0.25) is 0 Å². The first-order valence-electron chi connectivity index (χ1n) is 8.67. The maximum Gasteiger partial charge on any atom is 0.132 e. The van der Waals surface area contributed by atoms with Gasteiger partial charge in [0.05, 0.1) is 24.1 Å². The molecule has 2 rings (SSSR count). The summed E-state index contributed by atoms with van der Waals surface area (Å²) in [6, 6.07) is 4.13. The molecule has 0 bridgehead atoms. The Morgan fingerprint density at radius 3 is 2.72 bits per heavy atom. The van der Waals surface area contributed by atoms with Crippen LogP contribution in [0.4, 0.5) is 11.5 Å². The fraction of sp³-hybridized carbons (Fsp3) is 0.421. The average molecular weight is 340 g/mol. The zero-order valence-electron chi connectivity index (χ0n) is 15.7. The molecule has 0 saturated carbocycles. The van der Waals surface area contributed by atoms with Gasteiger partial charge in [-0.25, -0.2) is 0 Å². The lowest BCUT2D eigenvalue weighted by molar-refractivity contribution is 0.483. The van der Waals surface area contributed by atoms with E-state index in [1.807, 2.05) is 49.3 Å². The molecule has 0 spiro atoms. The van der Waals surface area contributed by atoms with E-state index < -0.39 is 0 Å². The molecule has 2 heterocycles. The largest absolute Gasteiger partial charge is 0.360 e. The van der Waals surface area contributed by atoms with Gasteiger partial charge in [0.1, 0.15) is 11.7 Å². The second kappa shape index (κ2) is 9.01. The SMILES string of the molecule is CC[C@H](N=C(/C=C/Nc1cccnc1)Nc1c(C)cnn1C)C(C)C. The summed E-state index contributed by atoms with van der Waals surface area (Å²) in [5, 5.41) is 10.9. The minimum Gasteiger partial charge on any atom is -0.360 e. The van der Waals surface area contributed by atoms with E-state index in [1.54, 1.807) is 12.4 Å². The van der Waals surface area contributed by atoms with Crippen molar-refractivity contribution < 1.29 is 0 Å². The van der Waals surface area contributed by atoms with Crippen molar-refractivity contribution in [3.63, 3.8) is 0 Å². The number of aliphatic imine (C=N–C) groups is 1. The van der Waals surface area contributed by atoms with Crippen LogP contribution in [0, 0.1) is 12.8 Å². The molecule has 0 aromatic carbocycles. The number of amidine groups is 1. The van der Waals surface area contributed by atoms with E-state index in [1.165, 1.54) is 0 Å². The maximum absolute atomic E-state index is 4.90. The van der Waals surface area contributed by atoms with E-state index in [2.05, 4.69) is 41.5 Å². The van der Waals surface area contributed by atoms with Crippen molar-refractivity contribution in [2.45, 2.75) is 40.2 Å². The van der Waals surface area contributed by atoms with Crippen LogP contribution in [0.1, 0.15) is 32.8 Å². The van der Waals surface area contributed by atoms with Gasteiger partial charge in [-0.2, -0.15) is 5.10 Å². The molecule has 134 valence electrons. The first-order valence-corrected chi connectivity index (χ1v) is 8.67. The number of nitrogens with zero attached hydrogens (tertiary/aromatic N) is 4. The van der Waals surface area contributed by atoms with Crippen LogP contribution in [0.3, 0.4) is 0 Å². The summed E-state index contributed by atoms with van der Waals surface area (Å²) in [5.74, 6) is 2.24. The third-order valence-corrected chi connectivity index (χ3v) is 4.01. The highest BCUT2D eigenvalue weighted by molar-refractivity contribution is 6.03. The Bertz CT molecular complexity index is 695. The average Bonchev–Trinajstić information content (AvgIpc) is 2.91. The van der Waals surface area contributed by atoms with Crippen molar-refractivity contribution >= 4 is 17.3 Å². The minimum absolute atomic E-state index is 0.263. The molecule has 6 nitrogen and oxygen atoms in total. The van der Waals surface area contributed by atoms with Crippen LogP contribution < -0.4 is 10.6 Å². The molecule has 0 amide bonds. The molecular weight excluding hydrogens is 312 g/mol. The Hall–Kier alpha value is -2.63. The van der Waals surface area contributed by atoms with Gasteiger partial charge in [0.2, 0.25) is 0 Å². The molecule has 2 aromatic heterocycles. The van der Waals surface area contributed by atoms with Crippen molar-refractivity contribution in [2.75, 3.05) is 10.6 Å². The summed E-state index contributed by atoms with van der Waals surface area (Å²) in [5.41, 5.74) is 2.02. The Kier molecular flexibility index (Phi) is 6.74. The maximum atomic E-state index is 4.90. The molecule has 1 atom stereocenters. The van der Waals surface area contributed by atoms with Gasteiger partial charge in [0, 0.05) is 25.0 Å². The van der Waals surface area contributed by atoms with Crippen LogP contribution >= 0.6 is 0 Å². The predicted molar refractivity (Wildman–Crippen MR) is 105 cm³/mol. The van der Waals surface area contributed by atoms with Crippen molar-refractivity contribution in [1.29, 1.82) is 0 Å². The molecule has 2 aromatic rings. The molecule has 0 aliphatic carbocycles. The van der Waals surface area contributed by atoms with Crippen LogP contribution in [-0.4, -0.2) is 26.6 Å². The Morgan fingerprint density at radius 1 is 1.36 bits per heavy atom. The van der Waals surface area contributed by atoms with Gasteiger partial charge in [-0.3, -0.25) is 14.7 Å². The van der Waals surface area contributed by atoms with Gasteiger partial charge in [-0.1, -0.05) is 20.8 Å². The minimum atomic E-state index is 0.263. The molecule has 6 heteroatoms. The van der Waals surface area contributed by atoms with E-state index in [0.29, 0.717) is 5.92 Å². The molecule has 0 saturated heterocycles. The number of aryl methyl sites for hydroxylation is 2. The van der Waals surface area contributed by atoms with Crippen LogP contribution in [0.15, 0.2) is 48.0 Å². The zero-order chi connectivity index (χ0) is 18.2. The van der Waals surface area contributed by atoms with Crippen molar-refractivity contribution in [2.24, 2.45) is 18.0 Å². The fourth-order valence-electron chi connectivity index (χ4n) is 2.52. The Morgan fingerprint density at radius 2 is 2.16 bits per heavy atom. The van der Waals surface area contributed by atoms with E-state index in [4.69, 9.17) is 4.99 Å². The monoisotopic (exact) mass is 340 g/mol. The highest BCUT2D eigenvalue weighted by atomic mass is 15.3. The summed E-state index contributed by atoms with van der Waals surface area (Å²) in [7, 11) is 1.92. The van der Waals surface area contributed by atoms with Gasteiger partial charge < -0.3 is 10.6 Å². The topological polar surface area (TPSA) is 67.1 Å². The summed E-state index contributed by atoms with van der Waals surface area (Å²) >= 11 is 0. The lowest BCUT2D eigenvalue weighted by Crippen LogP contribution is -2.20. The quantitative estimate of drug-likeness (QED) is 0.591. The van der Waals surface area contributed by atoms with Crippen LogP contribution in [0.5, 0.6) is 0 Å². The molecular formula is C19H28N6. The Labute approximate surface area is 150 Å². The van der Waals surface area contributed by atoms with Crippen molar-refractivity contribution in [1.82, 2.24) is 14.8 Å².